The third-order valence-electron chi connectivity index (χ3n) is 12.3. The number of rotatable bonds is 2. The number of benzene rings is 8. The smallest absolute Gasteiger partial charge is 0.0547 e. The molecule has 9 aromatic rings. The van der Waals surface area contributed by atoms with Crippen LogP contribution in [0.3, 0.4) is 0 Å². The first kappa shape index (κ1) is 25.4. The monoisotopic (exact) mass is 609 g/mol. The van der Waals surface area contributed by atoms with E-state index in [2.05, 4.69) is 152 Å². The van der Waals surface area contributed by atoms with Crippen LogP contribution in [0.15, 0.2) is 121 Å². The first-order valence-corrected chi connectivity index (χ1v) is 17.3. The van der Waals surface area contributed by atoms with Gasteiger partial charge in [0.15, 0.2) is 0 Å². The fourth-order valence-corrected chi connectivity index (χ4v) is 10.1. The highest BCUT2D eigenvalue weighted by Crippen LogP contribution is 2.58. The Bertz CT molecular complexity index is 3000. The van der Waals surface area contributed by atoms with Gasteiger partial charge in [-0.25, -0.2) is 0 Å². The van der Waals surface area contributed by atoms with Crippen molar-refractivity contribution in [3.63, 3.8) is 0 Å². The van der Waals surface area contributed by atoms with E-state index in [9.17, 15) is 0 Å². The van der Waals surface area contributed by atoms with Gasteiger partial charge in [0.05, 0.1) is 10.9 Å². The average molecular weight is 610 g/mol. The van der Waals surface area contributed by atoms with Crippen molar-refractivity contribution in [2.75, 3.05) is 0 Å². The number of hydrogen-bond donors (Lipinski definition) is 0. The molecule has 0 fully saturated rings. The summed E-state index contributed by atoms with van der Waals surface area (Å²) in [5, 5.41) is 16.7. The van der Waals surface area contributed by atoms with Crippen molar-refractivity contribution >= 4 is 76.9 Å². The lowest BCUT2D eigenvalue weighted by molar-refractivity contribution is 0.494. The molecule has 1 atom stereocenters. The summed E-state index contributed by atoms with van der Waals surface area (Å²) in [5.41, 5.74) is 11.1. The Morgan fingerprint density at radius 3 is 2.02 bits per heavy atom. The molecule has 1 unspecified atom stereocenters. The molecule has 0 bridgehead atoms. The van der Waals surface area contributed by atoms with Gasteiger partial charge in [-0.1, -0.05) is 123 Å². The van der Waals surface area contributed by atoms with Gasteiger partial charge in [0, 0.05) is 27.8 Å². The second-order valence-electron chi connectivity index (χ2n) is 14.8. The highest BCUT2D eigenvalue weighted by atomic mass is 15.0. The Labute approximate surface area is 278 Å². The molecule has 1 heterocycles. The number of aromatic nitrogens is 1. The molecule has 0 saturated carbocycles. The van der Waals surface area contributed by atoms with Crippen molar-refractivity contribution in [3.8, 4) is 16.8 Å². The van der Waals surface area contributed by atoms with Crippen LogP contribution in [0.1, 0.15) is 42.0 Å². The summed E-state index contributed by atoms with van der Waals surface area (Å²) in [6.07, 6.45) is 8.32. The molecule has 3 aliphatic carbocycles. The molecule has 1 nitrogen and oxygen atoms in total. The second-order valence-corrected chi connectivity index (χ2v) is 14.8. The molecule has 0 spiro atoms. The maximum absolute atomic E-state index is 2.54. The van der Waals surface area contributed by atoms with Gasteiger partial charge in [-0.2, -0.15) is 0 Å². The summed E-state index contributed by atoms with van der Waals surface area (Å²) in [4.78, 5) is 0. The summed E-state index contributed by atoms with van der Waals surface area (Å²) < 4.78 is 2.54. The fourth-order valence-electron chi connectivity index (χ4n) is 10.1. The standard InChI is InChI=1S/C47H31N/c1-47(2)37-21-14-27-16-23-39-45-41(27)43(37)44-38(47)22-15-28-17-24-40(46(45)42(28)44)48(39)30-18-11-26(12-19-30)29-13-20-35-33-9-4-3-7-31(33)32-8-5-6-10-34(32)36(35)25-29/h3-16,18-25,37H,17H2,1-2H3. The summed E-state index contributed by atoms with van der Waals surface area (Å²) in [6, 6.07) is 43.5. The van der Waals surface area contributed by atoms with Crippen LogP contribution in [0.5, 0.6) is 0 Å². The van der Waals surface area contributed by atoms with Crippen LogP contribution in [0.25, 0.3) is 93.7 Å². The Hall–Kier alpha value is -5.66. The molecule has 3 aliphatic rings. The van der Waals surface area contributed by atoms with E-state index >= 15 is 0 Å². The fraction of sp³-hybridized carbons (Fsp3) is 0.106. The summed E-state index contributed by atoms with van der Waals surface area (Å²) in [7, 11) is 0. The van der Waals surface area contributed by atoms with Crippen LogP contribution in [0.4, 0.5) is 0 Å². The van der Waals surface area contributed by atoms with E-state index in [1.54, 1.807) is 5.56 Å². The maximum Gasteiger partial charge on any atom is 0.0547 e. The zero-order valence-electron chi connectivity index (χ0n) is 26.9. The van der Waals surface area contributed by atoms with Gasteiger partial charge >= 0.3 is 0 Å². The Morgan fingerprint density at radius 2 is 1.27 bits per heavy atom. The van der Waals surface area contributed by atoms with E-state index in [4.69, 9.17) is 0 Å². The SMILES string of the molecule is CC1(C)c2ccc3c4c2c2c5c(ccc6c5c4c(n6-c4ccc(-c5ccc6c7ccccc7c7ccccc7c6c5)cc4)=CC3)C=CC21. The van der Waals surface area contributed by atoms with Gasteiger partial charge < -0.3 is 4.57 Å². The summed E-state index contributed by atoms with van der Waals surface area (Å²) >= 11 is 0. The van der Waals surface area contributed by atoms with Gasteiger partial charge in [-0.15, -0.1) is 0 Å². The largest absolute Gasteiger partial charge is 0.310 e. The lowest BCUT2D eigenvalue weighted by Gasteiger charge is -2.29. The second kappa shape index (κ2) is 8.43. The van der Waals surface area contributed by atoms with Crippen LogP contribution in [-0.2, 0) is 11.8 Å². The molecule has 224 valence electrons. The molecule has 1 heteroatoms. The summed E-state index contributed by atoms with van der Waals surface area (Å²) in [6.45, 7) is 4.89. The number of allylic oxidation sites excluding steroid dienone is 1. The van der Waals surface area contributed by atoms with Crippen LogP contribution in [-0.4, -0.2) is 4.57 Å². The Kier molecular flexibility index (Phi) is 4.47. The molecule has 0 aliphatic heterocycles. The molecule has 0 N–H and O–H groups in total. The van der Waals surface area contributed by atoms with Crippen molar-refractivity contribution in [1.29, 1.82) is 0 Å². The minimum Gasteiger partial charge on any atom is -0.310 e. The van der Waals surface area contributed by atoms with Crippen LogP contribution < -0.4 is 5.35 Å². The van der Waals surface area contributed by atoms with E-state index < -0.39 is 0 Å². The van der Waals surface area contributed by atoms with Crippen molar-refractivity contribution in [2.45, 2.75) is 31.6 Å². The molecule has 0 saturated heterocycles. The van der Waals surface area contributed by atoms with E-state index in [1.807, 2.05) is 0 Å². The first-order valence-electron chi connectivity index (χ1n) is 17.3. The average Bonchev–Trinajstić information content (AvgIpc) is 3.61. The lowest BCUT2D eigenvalue weighted by Crippen LogP contribution is -2.21. The van der Waals surface area contributed by atoms with Crippen molar-refractivity contribution < 1.29 is 0 Å². The zero-order valence-corrected chi connectivity index (χ0v) is 26.9. The zero-order chi connectivity index (χ0) is 31.5. The van der Waals surface area contributed by atoms with Crippen LogP contribution in [0, 0.1) is 0 Å². The van der Waals surface area contributed by atoms with E-state index in [-0.39, 0.29) is 5.41 Å². The highest BCUT2D eigenvalue weighted by Gasteiger charge is 2.43. The third kappa shape index (κ3) is 2.88. The van der Waals surface area contributed by atoms with Gasteiger partial charge in [-0.05, 0) is 113 Å². The van der Waals surface area contributed by atoms with E-state index in [1.165, 1.54) is 104 Å². The van der Waals surface area contributed by atoms with E-state index in [0.29, 0.717) is 5.92 Å². The van der Waals surface area contributed by atoms with Gasteiger partial charge in [0.25, 0.3) is 0 Å². The molecule has 12 rings (SSSR count). The molecule has 8 aromatic carbocycles. The molecule has 0 radical (unpaired) electrons. The number of fused-ring (bicyclic) bond motifs is 6. The topological polar surface area (TPSA) is 4.93 Å². The van der Waals surface area contributed by atoms with Gasteiger partial charge in [-0.3, -0.25) is 0 Å². The normalized spacial score (nSPS) is 16.9. The first-order chi connectivity index (χ1) is 23.6. The maximum atomic E-state index is 2.54. The van der Waals surface area contributed by atoms with Gasteiger partial charge in [0.1, 0.15) is 0 Å². The van der Waals surface area contributed by atoms with Gasteiger partial charge in [0.2, 0.25) is 0 Å². The minimum atomic E-state index is 0.0921. The van der Waals surface area contributed by atoms with Crippen molar-refractivity contribution in [2.24, 2.45) is 0 Å². The van der Waals surface area contributed by atoms with Crippen LogP contribution >= 0.6 is 0 Å². The van der Waals surface area contributed by atoms with Crippen molar-refractivity contribution in [1.82, 2.24) is 4.57 Å². The van der Waals surface area contributed by atoms with E-state index in [0.717, 1.165) is 6.42 Å². The predicted octanol–water partition coefficient (Wildman–Crippen LogP) is 11.5. The molecule has 48 heavy (non-hydrogen) atoms. The predicted molar refractivity (Wildman–Crippen MR) is 204 cm³/mol. The van der Waals surface area contributed by atoms with Crippen LogP contribution in [0.2, 0.25) is 0 Å². The minimum absolute atomic E-state index is 0.0921. The Morgan fingerprint density at radius 1 is 0.583 bits per heavy atom. The third-order valence-corrected chi connectivity index (χ3v) is 12.3. The lowest BCUT2D eigenvalue weighted by atomic mass is 9.74. The molecule has 1 aromatic heterocycles. The van der Waals surface area contributed by atoms with Crippen molar-refractivity contribution in [3.05, 3.63) is 149 Å². The quantitative estimate of drug-likeness (QED) is 0.136. The number of hydrogen-bond acceptors (Lipinski definition) is 0. The highest BCUT2D eigenvalue weighted by molar-refractivity contribution is 6.29. The molecular weight excluding hydrogens is 579 g/mol. The summed E-state index contributed by atoms with van der Waals surface area (Å²) in [5.74, 6) is 0.416. The Balaban J connectivity index is 1.09. The number of nitrogens with zero attached hydrogens (tertiary/aromatic N) is 1. The molecular formula is C47H31N. The molecule has 0 amide bonds.